The van der Waals surface area contributed by atoms with Gasteiger partial charge in [-0.1, -0.05) is 12.1 Å². The van der Waals surface area contributed by atoms with Gasteiger partial charge >= 0.3 is 6.18 Å². The van der Waals surface area contributed by atoms with Gasteiger partial charge in [-0.05, 0) is 35.9 Å². The van der Waals surface area contributed by atoms with E-state index < -0.39 is 17.6 Å². The molecule has 5 nitrogen and oxygen atoms in total. The molecule has 0 saturated heterocycles. The molecular formula is C21H12F4N4O. The second-order valence-corrected chi connectivity index (χ2v) is 6.12. The molecule has 2 N–H and O–H groups in total. The molecule has 0 aliphatic heterocycles. The highest BCUT2D eigenvalue weighted by Crippen LogP contribution is 2.38. The Balaban J connectivity index is 2.31. The molecule has 9 heteroatoms. The number of nitriles is 2. The van der Waals surface area contributed by atoms with E-state index in [4.69, 9.17) is 10.5 Å². The lowest BCUT2D eigenvalue weighted by Gasteiger charge is -2.15. The average Bonchev–Trinajstić information content (AvgIpc) is 2.72. The van der Waals surface area contributed by atoms with Crippen LogP contribution in [0.3, 0.4) is 0 Å². The van der Waals surface area contributed by atoms with Crippen molar-refractivity contribution in [3.63, 3.8) is 0 Å². The SMILES string of the molecule is COc1cc(-c2nc(N)c(C#N)c(-c3ccc(C(F)(F)F)cc3)c2C#N)ccc1F. The van der Waals surface area contributed by atoms with E-state index in [0.29, 0.717) is 0 Å². The minimum absolute atomic E-state index is 0.0412. The first-order chi connectivity index (χ1) is 14.2. The number of nitrogens with zero attached hydrogens (tertiary/aromatic N) is 3. The molecular weight excluding hydrogens is 400 g/mol. The molecule has 0 fully saturated rings. The first-order valence-corrected chi connectivity index (χ1v) is 8.36. The molecule has 0 spiro atoms. The number of halogens is 4. The van der Waals surface area contributed by atoms with Crippen molar-refractivity contribution in [2.45, 2.75) is 6.18 Å². The van der Waals surface area contributed by atoms with Gasteiger partial charge in [0.25, 0.3) is 0 Å². The predicted octanol–water partition coefficient (Wildman–Crippen LogP) is 4.91. The summed E-state index contributed by atoms with van der Waals surface area (Å²) in [4.78, 5) is 4.11. The number of hydrogen-bond acceptors (Lipinski definition) is 5. The third kappa shape index (κ3) is 3.61. The van der Waals surface area contributed by atoms with Crippen LogP contribution < -0.4 is 10.5 Å². The number of nitrogens with two attached hydrogens (primary N) is 1. The summed E-state index contributed by atoms with van der Waals surface area (Å²) < 4.78 is 57.4. The van der Waals surface area contributed by atoms with Gasteiger partial charge in [-0.15, -0.1) is 0 Å². The number of pyridine rings is 1. The number of benzene rings is 2. The molecule has 0 aliphatic rings. The van der Waals surface area contributed by atoms with E-state index in [9.17, 15) is 28.1 Å². The molecule has 0 atom stereocenters. The van der Waals surface area contributed by atoms with Crippen LogP contribution in [0, 0.1) is 28.5 Å². The molecule has 1 aromatic heterocycles. The minimum Gasteiger partial charge on any atom is -0.494 e. The Labute approximate surface area is 168 Å². The molecule has 0 radical (unpaired) electrons. The Hall–Kier alpha value is -4.11. The maximum atomic E-state index is 13.8. The number of methoxy groups -OCH3 is 1. The van der Waals surface area contributed by atoms with Gasteiger partial charge < -0.3 is 10.5 Å². The third-order valence-corrected chi connectivity index (χ3v) is 4.37. The summed E-state index contributed by atoms with van der Waals surface area (Å²) in [5.41, 5.74) is 5.34. The van der Waals surface area contributed by atoms with Gasteiger partial charge in [0.05, 0.1) is 23.9 Å². The first-order valence-electron chi connectivity index (χ1n) is 8.36. The lowest BCUT2D eigenvalue weighted by Crippen LogP contribution is -2.06. The molecule has 0 saturated carbocycles. The maximum Gasteiger partial charge on any atom is 0.416 e. The molecule has 0 amide bonds. The van der Waals surface area contributed by atoms with Gasteiger partial charge in [0, 0.05) is 11.1 Å². The van der Waals surface area contributed by atoms with Crippen LogP contribution in [0.1, 0.15) is 16.7 Å². The smallest absolute Gasteiger partial charge is 0.416 e. The fourth-order valence-electron chi connectivity index (χ4n) is 2.96. The van der Waals surface area contributed by atoms with Crippen molar-refractivity contribution in [2.24, 2.45) is 0 Å². The fourth-order valence-corrected chi connectivity index (χ4v) is 2.96. The fraction of sp³-hybridized carbons (Fsp3) is 0.0952. The van der Waals surface area contributed by atoms with Crippen LogP contribution in [-0.4, -0.2) is 12.1 Å². The van der Waals surface area contributed by atoms with E-state index in [1.165, 1.54) is 19.2 Å². The van der Waals surface area contributed by atoms with Crippen molar-refractivity contribution in [1.82, 2.24) is 4.98 Å². The third-order valence-electron chi connectivity index (χ3n) is 4.37. The zero-order chi connectivity index (χ0) is 22.1. The van der Waals surface area contributed by atoms with E-state index in [1.807, 2.05) is 12.1 Å². The van der Waals surface area contributed by atoms with Crippen LogP contribution in [0.5, 0.6) is 5.75 Å². The average molecular weight is 412 g/mol. The number of rotatable bonds is 3. The van der Waals surface area contributed by atoms with Crippen molar-refractivity contribution in [2.75, 3.05) is 12.8 Å². The van der Waals surface area contributed by atoms with Gasteiger partial charge in [0.2, 0.25) is 0 Å². The van der Waals surface area contributed by atoms with E-state index in [0.717, 1.165) is 30.3 Å². The quantitative estimate of drug-likeness (QED) is 0.617. The number of anilines is 1. The van der Waals surface area contributed by atoms with Crippen LogP contribution >= 0.6 is 0 Å². The Bertz CT molecular complexity index is 1210. The van der Waals surface area contributed by atoms with E-state index in [2.05, 4.69) is 4.98 Å². The van der Waals surface area contributed by atoms with E-state index >= 15 is 0 Å². The summed E-state index contributed by atoms with van der Waals surface area (Å²) >= 11 is 0. The van der Waals surface area contributed by atoms with Gasteiger partial charge in [-0.2, -0.15) is 23.7 Å². The van der Waals surface area contributed by atoms with Crippen molar-refractivity contribution in [1.29, 1.82) is 10.5 Å². The summed E-state index contributed by atoms with van der Waals surface area (Å²) in [6, 6.07) is 11.5. The van der Waals surface area contributed by atoms with Gasteiger partial charge in [-0.25, -0.2) is 9.37 Å². The molecule has 0 unspecified atom stereocenters. The number of nitrogen functional groups attached to an aromatic ring is 1. The summed E-state index contributed by atoms with van der Waals surface area (Å²) in [5.74, 6) is -0.953. The molecule has 1 heterocycles. The number of aromatic nitrogens is 1. The molecule has 2 aromatic carbocycles. The largest absolute Gasteiger partial charge is 0.494 e. The van der Waals surface area contributed by atoms with Crippen LogP contribution in [-0.2, 0) is 6.18 Å². The van der Waals surface area contributed by atoms with Crippen LogP contribution in [0.15, 0.2) is 42.5 Å². The van der Waals surface area contributed by atoms with E-state index in [1.54, 1.807) is 0 Å². The molecule has 30 heavy (non-hydrogen) atoms. The number of hydrogen-bond donors (Lipinski definition) is 1. The molecule has 3 rings (SSSR count). The van der Waals surface area contributed by atoms with Crippen LogP contribution in [0.4, 0.5) is 23.4 Å². The summed E-state index contributed by atoms with van der Waals surface area (Å²) in [7, 11) is 1.27. The van der Waals surface area contributed by atoms with Crippen LogP contribution in [0.25, 0.3) is 22.4 Å². The second kappa shape index (κ2) is 7.72. The zero-order valence-corrected chi connectivity index (χ0v) is 15.4. The predicted molar refractivity (Wildman–Crippen MR) is 100 cm³/mol. The monoisotopic (exact) mass is 412 g/mol. The standard InChI is InChI=1S/C21H12F4N4O/c1-30-17-8-12(4-7-16(17)22)19-14(9-26)18(15(10-27)20(28)29-19)11-2-5-13(6-3-11)21(23,24)25/h2-8H,1H3,(H2,28,29). The highest BCUT2D eigenvalue weighted by atomic mass is 19.4. The highest BCUT2D eigenvalue weighted by Gasteiger charge is 2.30. The Kier molecular flexibility index (Phi) is 5.31. The Morgan fingerprint density at radius 1 is 0.967 bits per heavy atom. The lowest BCUT2D eigenvalue weighted by atomic mass is 9.92. The van der Waals surface area contributed by atoms with Gasteiger partial charge in [0.15, 0.2) is 11.6 Å². The molecule has 0 bridgehead atoms. The summed E-state index contributed by atoms with van der Waals surface area (Å²) in [6.07, 6.45) is -4.54. The topological polar surface area (TPSA) is 95.7 Å². The molecule has 150 valence electrons. The molecule has 0 aliphatic carbocycles. The van der Waals surface area contributed by atoms with Crippen molar-refractivity contribution in [3.05, 3.63) is 65.0 Å². The molecule has 3 aromatic rings. The lowest BCUT2D eigenvalue weighted by molar-refractivity contribution is -0.137. The van der Waals surface area contributed by atoms with Crippen LogP contribution in [0.2, 0.25) is 0 Å². The summed E-state index contributed by atoms with van der Waals surface area (Å²) in [5, 5.41) is 19.3. The maximum absolute atomic E-state index is 13.8. The zero-order valence-electron chi connectivity index (χ0n) is 15.4. The highest BCUT2D eigenvalue weighted by molar-refractivity contribution is 5.87. The number of alkyl halides is 3. The van der Waals surface area contributed by atoms with Crippen molar-refractivity contribution < 1.29 is 22.3 Å². The van der Waals surface area contributed by atoms with Crippen molar-refractivity contribution in [3.8, 4) is 40.3 Å². The number of ether oxygens (including phenoxy) is 1. The first kappa shape index (κ1) is 20.6. The van der Waals surface area contributed by atoms with Gasteiger partial charge in [0.1, 0.15) is 23.5 Å². The minimum atomic E-state index is -4.54. The van der Waals surface area contributed by atoms with Crippen molar-refractivity contribution >= 4 is 5.82 Å². The van der Waals surface area contributed by atoms with Gasteiger partial charge in [-0.3, -0.25) is 0 Å². The Morgan fingerprint density at radius 3 is 2.10 bits per heavy atom. The summed E-state index contributed by atoms with van der Waals surface area (Å²) in [6.45, 7) is 0. The second-order valence-electron chi connectivity index (χ2n) is 6.12. The van der Waals surface area contributed by atoms with E-state index in [-0.39, 0.29) is 45.1 Å². The Morgan fingerprint density at radius 2 is 1.57 bits per heavy atom. The normalized spacial score (nSPS) is 10.9.